The normalized spacial score (nSPS) is 16.5. The Kier molecular flexibility index (Phi) is 5.18. The Balaban J connectivity index is 1.63. The number of unbranched alkanes of at least 4 members (excludes halogenated alkanes) is 1. The zero-order valence-corrected chi connectivity index (χ0v) is 22.0. The highest BCUT2D eigenvalue weighted by molar-refractivity contribution is 5.86. The summed E-state index contributed by atoms with van der Waals surface area (Å²) in [4.78, 5) is 0. The molecule has 0 atom stereocenters. The molecule has 35 heavy (non-hydrogen) atoms. The molecule has 0 saturated carbocycles. The number of rotatable bonds is 5. The van der Waals surface area contributed by atoms with Crippen LogP contribution in [-0.4, -0.2) is 0 Å². The van der Waals surface area contributed by atoms with Crippen LogP contribution in [0.5, 0.6) is 0 Å². The number of fused-ring (bicyclic) bond motifs is 8. The Bertz CT molecular complexity index is 1450. The Morgan fingerprint density at radius 1 is 0.800 bits per heavy atom. The highest BCUT2D eigenvalue weighted by atomic mass is 15.1. The number of nitrogens with zero attached hydrogens (tertiary/aromatic N) is 1. The van der Waals surface area contributed by atoms with Gasteiger partial charge in [0.25, 0.3) is 0 Å². The maximum atomic E-state index is 2.69. The fourth-order valence-corrected chi connectivity index (χ4v) is 7.22. The van der Waals surface area contributed by atoms with Gasteiger partial charge in [-0.15, -0.1) is 0 Å². The SMILES string of the molecule is CCCCc1cccc2c1C(C)(C)c1cc3c(cc1-2)CC(CC)(CC)[n+]1c-3ccc2ccccc21. The third kappa shape index (κ3) is 3.10. The van der Waals surface area contributed by atoms with E-state index in [1.807, 2.05) is 0 Å². The predicted octanol–water partition coefficient (Wildman–Crippen LogP) is 8.51. The van der Waals surface area contributed by atoms with Crippen LogP contribution in [0.1, 0.15) is 82.6 Å². The first-order valence-electron chi connectivity index (χ1n) is 13.7. The van der Waals surface area contributed by atoms with Gasteiger partial charge in [0.05, 0.1) is 0 Å². The van der Waals surface area contributed by atoms with Crippen molar-refractivity contribution >= 4 is 10.9 Å². The molecule has 1 aliphatic carbocycles. The van der Waals surface area contributed by atoms with Gasteiger partial charge in [-0.1, -0.05) is 71.4 Å². The van der Waals surface area contributed by atoms with Crippen molar-refractivity contribution in [3.8, 4) is 22.4 Å². The van der Waals surface area contributed by atoms with E-state index in [2.05, 4.69) is 106 Å². The highest BCUT2D eigenvalue weighted by Crippen LogP contribution is 2.53. The van der Waals surface area contributed by atoms with Gasteiger partial charge < -0.3 is 0 Å². The molecule has 178 valence electrons. The molecule has 3 aromatic carbocycles. The van der Waals surface area contributed by atoms with Gasteiger partial charge in [0.15, 0.2) is 5.54 Å². The Labute approximate surface area is 210 Å². The predicted molar refractivity (Wildman–Crippen MR) is 148 cm³/mol. The van der Waals surface area contributed by atoms with Gasteiger partial charge in [0, 0.05) is 47.8 Å². The van der Waals surface area contributed by atoms with Crippen molar-refractivity contribution in [1.82, 2.24) is 0 Å². The lowest BCUT2D eigenvalue weighted by molar-refractivity contribution is -0.735. The van der Waals surface area contributed by atoms with Crippen molar-refractivity contribution in [2.75, 3.05) is 0 Å². The van der Waals surface area contributed by atoms with Gasteiger partial charge in [-0.25, -0.2) is 0 Å². The average Bonchev–Trinajstić information content (AvgIpc) is 3.12. The van der Waals surface area contributed by atoms with E-state index < -0.39 is 0 Å². The molecule has 1 aromatic heterocycles. The van der Waals surface area contributed by atoms with E-state index >= 15 is 0 Å². The summed E-state index contributed by atoms with van der Waals surface area (Å²) in [6.07, 6.45) is 7.04. The second kappa shape index (κ2) is 8.05. The first kappa shape index (κ1) is 22.5. The van der Waals surface area contributed by atoms with Crippen LogP contribution < -0.4 is 4.57 Å². The maximum Gasteiger partial charge on any atom is 0.213 e. The summed E-state index contributed by atoms with van der Waals surface area (Å²) in [6, 6.07) is 25.8. The summed E-state index contributed by atoms with van der Waals surface area (Å²) in [5.41, 5.74) is 13.4. The fourth-order valence-electron chi connectivity index (χ4n) is 7.22. The van der Waals surface area contributed by atoms with Crippen molar-refractivity contribution in [3.63, 3.8) is 0 Å². The smallest absolute Gasteiger partial charge is 0.186 e. The monoisotopic (exact) mass is 460 g/mol. The molecule has 0 saturated heterocycles. The summed E-state index contributed by atoms with van der Waals surface area (Å²) in [5, 5.41) is 1.33. The second-order valence-electron chi connectivity index (χ2n) is 11.3. The van der Waals surface area contributed by atoms with Crippen molar-refractivity contribution in [3.05, 3.63) is 89.0 Å². The summed E-state index contributed by atoms with van der Waals surface area (Å²) >= 11 is 0. The number of benzene rings is 3. The third-order valence-corrected chi connectivity index (χ3v) is 9.21. The Morgan fingerprint density at radius 3 is 2.37 bits per heavy atom. The molecule has 0 unspecified atom stereocenters. The molecule has 0 bridgehead atoms. The van der Waals surface area contributed by atoms with Crippen LogP contribution in [0, 0.1) is 0 Å². The standard InChI is InChI=1S/C34H38N/c1-6-9-13-24-15-12-16-26-28-20-25-22-34(7-2,8-3)35-30-17-11-10-14-23(30)18-19-31(35)27(25)21-29(28)33(4,5)32(24)26/h10-12,14-21H,6-9,13,22H2,1-5H3/q+1. The van der Waals surface area contributed by atoms with E-state index in [4.69, 9.17) is 0 Å². The van der Waals surface area contributed by atoms with E-state index in [1.165, 1.54) is 63.7 Å². The summed E-state index contributed by atoms with van der Waals surface area (Å²) < 4.78 is 2.69. The molecule has 4 aromatic rings. The van der Waals surface area contributed by atoms with Gasteiger partial charge in [-0.2, -0.15) is 4.57 Å². The van der Waals surface area contributed by atoms with Gasteiger partial charge in [0.1, 0.15) is 0 Å². The molecule has 0 N–H and O–H groups in total. The van der Waals surface area contributed by atoms with Crippen LogP contribution in [0.4, 0.5) is 0 Å². The summed E-state index contributed by atoms with van der Waals surface area (Å²) in [6.45, 7) is 11.9. The molecule has 0 amide bonds. The summed E-state index contributed by atoms with van der Waals surface area (Å²) in [7, 11) is 0. The van der Waals surface area contributed by atoms with Crippen molar-refractivity contribution in [2.45, 2.75) is 84.1 Å². The van der Waals surface area contributed by atoms with E-state index in [0.717, 1.165) is 19.3 Å². The molecule has 2 aliphatic rings. The van der Waals surface area contributed by atoms with E-state index in [1.54, 1.807) is 11.1 Å². The molecule has 6 rings (SSSR count). The number of para-hydroxylation sites is 1. The molecule has 1 nitrogen and oxygen atoms in total. The van der Waals surface area contributed by atoms with Crippen LogP contribution in [0.15, 0.2) is 66.7 Å². The van der Waals surface area contributed by atoms with Crippen LogP contribution in [-0.2, 0) is 23.8 Å². The molecule has 0 radical (unpaired) electrons. The number of aryl methyl sites for hydroxylation is 1. The van der Waals surface area contributed by atoms with Crippen molar-refractivity contribution in [1.29, 1.82) is 0 Å². The Morgan fingerprint density at radius 2 is 1.60 bits per heavy atom. The second-order valence-corrected chi connectivity index (χ2v) is 11.3. The molecule has 2 heterocycles. The molecule has 1 aliphatic heterocycles. The maximum absolute atomic E-state index is 2.69. The largest absolute Gasteiger partial charge is 0.213 e. The average molecular weight is 461 g/mol. The lowest BCUT2D eigenvalue weighted by Gasteiger charge is -2.34. The van der Waals surface area contributed by atoms with E-state index in [9.17, 15) is 0 Å². The highest BCUT2D eigenvalue weighted by Gasteiger charge is 2.46. The van der Waals surface area contributed by atoms with Crippen LogP contribution in [0.25, 0.3) is 33.3 Å². The third-order valence-electron chi connectivity index (χ3n) is 9.21. The molecule has 1 heteroatoms. The zero-order chi connectivity index (χ0) is 24.4. The van der Waals surface area contributed by atoms with Crippen LogP contribution in [0.3, 0.4) is 0 Å². The van der Waals surface area contributed by atoms with Crippen LogP contribution in [0.2, 0.25) is 0 Å². The molecular weight excluding hydrogens is 422 g/mol. The van der Waals surface area contributed by atoms with Crippen LogP contribution >= 0.6 is 0 Å². The van der Waals surface area contributed by atoms with Gasteiger partial charge in [-0.3, -0.25) is 0 Å². The Hall–Kier alpha value is -2.93. The minimum Gasteiger partial charge on any atom is -0.186 e. The fraction of sp³-hybridized carbons (Fsp3) is 0.382. The lowest BCUT2D eigenvalue weighted by Crippen LogP contribution is -2.60. The first-order valence-corrected chi connectivity index (χ1v) is 13.7. The van der Waals surface area contributed by atoms with Gasteiger partial charge in [-0.05, 0) is 70.5 Å². The van der Waals surface area contributed by atoms with E-state index in [0.29, 0.717) is 0 Å². The first-order chi connectivity index (χ1) is 16.9. The topological polar surface area (TPSA) is 3.88 Å². The van der Waals surface area contributed by atoms with E-state index in [-0.39, 0.29) is 11.0 Å². The minimum atomic E-state index is 0.0236. The molecular formula is C34H38N+. The molecule has 0 fully saturated rings. The number of aromatic nitrogens is 1. The van der Waals surface area contributed by atoms with Crippen molar-refractivity contribution < 1.29 is 4.57 Å². The number of hydrogen-bond acceptors (Lipinski definition) is 0. The number of hydrogen-bond donors (Lipinski definition) is 0. The quantitative estimate of drug-likeness (QED) is 0.263. The summed E-state index contributed by atoms with van der Waals surface area (Å²) in [5.74, 6) is 0. The van der Waals surface area contributed by atoms with Crippen molar-refractivity contribution in [2.24, 2.45) is 0 Å². The zero-order valence-electron chi connectivity index (χ0n) is 22.0. The van der Waals surface area contributed by atoms with Gasteiger partial charge >= 0.3 is 0 Å². The lowest BCUT2D eigenvalue weighted by atomic mass is 9.75. The number of pyridine rings is 1. The minimum absolute atomic E-state index is 0.0236. The molecule has 0 spiro atoms. The van der Waals surface area contributed by atoms with Gasteiger partial charge in [0.2, 0.25) is 11.2 Å².